The van der Waals surface area contributed by atoms with Crippen LogP contribution >= 0.6 is 0 Å². The van der Waals surface area contributed by atoms with Crippen molar-refractivity contribution in [3.8, 4) is 0 Å². The van der Waals surface area contributed by atoms with E-state index in [1.807, 2.05) is 12.1 Å². The average Bonchev–Trinajstić information content (AvgIpc) is 2.35. The molecule has 0 bridgehead atoms. The molecule has 20 heavy (non-hydrogen) atoms. The third-order valence-electron chi connectivity index (χ3n) is 2.98. The number of likely N-dealkylation sites (N-methyl/N-ethyl adjacent to an activating group) is 1. The van der Waals surface area contributed by atoms with E-state index in [1.165, 1.54) is 10.5 Å². The Balaban J connectivity index is 2.69. The normalized spacial score (nSPS) is 11.6. The summed E-state index contributed by atoms with van der Waals surface area (Å²) in [5.74, 6) is -1.45. The maximum Gasteiger partial charge on any atom is 0.328 e. The summed E-state index contributed by atoms with van der Waals surface area (Å²) in [6.45, 7) is 6.89. The molecule has 0 heterocycles. The molecule has 0 spiro atoms. The van der Waals surface area contributed by atoms with Crippen LogP contribution in [0.3, 0.4) is 0 Å². The van der Waals surface area contributed by atoms with Crippen LogP contribution in [0.1, 0.15) is 31.9 Å². The van der Waals surface area contributed by atoms with Crippen molar-refractivity contribution < 1.29 is 14.7 Å². The highest BCUT2D eigenvalue weighted by atomic mass is 16.4. The number of carbonyl (C=O) groups is 2. The highest BCUT2D eigenvalue weighted by Crippen LogP contribution is 2.22. The maximum absolute atomic E-state index is 11.7. The van der Waals surface area contributed by atoms with E-state index >= 15 is 0 Å². The van der Waals surface area contributed by atoms with Crippen molar-refractivity contribution in [1.29, 1.82) is 0 Å². The van der Waals surface area contributed by atoms with E-state index in [0.717, 1.165) is 17.7 Å². The predicted molar refractivity (Wildman–Crippen MR) is 78.4 cm³/mol. The summed E-state index contributed by atoms with van der Waals surface area (Å²) in [4.78, 5) is 23.5. The molecule has 0 aliphatic carbocycles. The van der Waals surface area contributed by atoms with Gasteiger partial charge in [-0.15, -0.1) is 0 Å². The van der Waals surface area contributed by atoms with Crippen LogP contribution in [-0.4, -0.2) is 28.9 Å². The lowest BCUT2D eigenvalue weighted by Gasteiger charge is -2.20. The number of hydrogen-bond acceptors (Lipinski definition) is 2. The van der Waals surface area contributed by atoms with Crippen molar-refractivity contribution in [2.45, 2.75) is 32.7 Å². The van der Waals surface area contributed by atoms with Crippen molar-refractivity contribution in [3.05, 3.63) is 47.5 Å². The Morgan fingerprint density at radius 1 is 1.15 bits per heavy atom. The fraction of sp³-hybridized carbons (Fsp3) is 0.375. The van der Waals surface area contributed by atoms with Crippen LogP contribution in [0.15, 0.2) is 36.4 Å². The molecule has 0 radical (unpaired) electrons. The average molecular weight is 275 g/mol. The summed E-state index contributed by atoms with van der Waals surface area (Å²) >= 11 is 0. The lowest BCUT2D eigenvalue weighted by Crippen LogP contribution is -2.24. The number of carboxylic acids is 1. The topological polar surface area (TPSA) is 57.6 Å². The zero-order valence-corrected chi connectivity index (χ0v) is 12.4. The van der Waals surface area contributed by atoms with Gasteiger partial charge in [0.05, 0.1) is 0 Å². The first-order valence-electron chi connectivity index (χ1n) is 6.45. The van der Waals surface area contributed by atoms with E-state index in [-0.39, 0.29) is 11.3 Å². The van der Waals surface area contributed by atoms with Crippen LogP contribution < -0.4 is 0 Å². The Labute approximate surface area is 119 Å². The number of nitrogens with zero attached hydrogens (tertiary/aromatic N) is 1. The van der Waals surface area contributed by atoms with Gasteiger partial charge >= 0.3 is 5.97 Å². The summed E-state index contributed by atoms with van der Waals surface area (Å²) in [6.07, 6.45) is 1.91. The Morgan fingerprint density at radius 2 is 1.70 bits per heavy atom. The number of carboxylic acid groups (broad SMARTS) is 1. The molecule has 1 aromatic carbocycles. The second-order valence-electron chi connectivity index (χ2n) is 5.81. The Bertz CT molecular complexity index is 510. The highest BCUT2D eigenvalue weighted by Gasteiger charge is 2.13. The van der Waals surface area contributed by atoms with Gasteiger partial charge in [-0.05, 0) is 16.5 Å². The summed E-state index contributed by atoms with van der Waals surface area (Å²) in [7, 11) is 1.65. The van der Waals surface area contributed by atoms with E-state index in [1.54, 1.807) is 7.05 Å². The first kappa shape index (κ1) is 16.0. The van der Waals surface area contributed by atoms with Gasteiger partial charge in [-0.1, -0.05) is 45.0 Å². The number of rotatable bonds is 4. The number of amides is 1. The van der Waals surface area contributed by atoms with E-state index in [4.69, 9.17) is 5.11 Å². The second kappa shape index (κ2) is 6.37. The van der Waals surface area contributed by atoms with Gasteiger partial charge in [-0.3, -0.25) is 4.79 Å². The largest absolute Gasteiger partial charge is 0.478 e. The summed E-state index contributed by atoms with van der Waals surface area (Å²) in [6, 6.07) is 8.10. The minimum atomic E-state index is -1.12. The molecule has 4 heteroatoms. The van der Waals surface area contributed by atoms with Crippen molar-refractivity contribution in [3.63, 3.8) is 0 Å². The molecule has 108 valence electrons. The monoisotopic (exact) mass is 275 g/mol. The molecule has 0 aliphatic rings. The molecule has 0 atom stereocenters. The van der Waals surface area contributed by atoms with Crippen molar-refractivity contribution >= 4 is 11.9 Å². The van der Waals surface area contributed by atoms with Crippen LogP contribution in [0.2, 0.25) is 0 Å². The standard InChI is InChI=1S/C16H21NO3/c1-16(2,3)13-7-5-12(6-8-13)11-17(4)14(18)9-10-15(19)20/h5-10H,11H2,1-4H3,(H,19,20)/b10-9+. The van der Waals surface area contributed by atoms with Crippen molar-refractivity contribution in [2.24, 2.45) is 0 Å². The van der Waals surface area contributed by atoms with E-state index in [2.05, 4.69) is 32.9 Å². The fourth-order valence-corrected chi connectivity index (χ4v) is 1.73. The van der Waals surface area contributed by atoms with Gasteiger partial charge in [0.2, 0.25) is 5.91 Å². The first-order chi connectivity index (χ1) is 9.20. The number of hydrogen-bond donors (Lipinski definition) is 1. The minimum Gasteiger partial charge on any atom is -0.478 e. The van der Waals surface area contributed by atoms with Gasteiger partial charge in [-0.25, -0.2) is 4.79 Å². The molecular formula is C16H21NO3. The number of carbonyl (C=O) groups excluding carboxylic acids is 1. The zero-order chi connectivity index (χ0) is 15.3. The van der Waals surface area contributed by atoms with E-state index in [9.17, 15) is 9.59 Å². The molecule has 0 saturated heterocycles. The van der Waals surface area contributed by atoms with Crippen LogP contribution in [-0.2, 0) is 21.5 Å². The molecule has 0 aliphatic heterocycles. The lowest BCUT2D eigenvalue weighted by molar-refractivity contribution is -0.132. The lowest BCUT2D eigenvalue weighted by atomic mass is 9.87. The third kappa shape index (κ3) is 4.88. The minimum absolute atomic E-state index is 0.102. The molecule has 0 fully saturated rings. The Hall–Kier alpha value is -2.10. The summed E-state index contributed by atoms with van der Waals surface area (Å²) in [5.41, 5.74) is 2.35. The van der Waals surface area contributed by atoms with Gasteiger partial charge in [-0.2, -0.15) is 0 Å². The highest BCUT2D eigenvalue weighted by molar-refractivity contribution is 5.93. The van der Waals surface area contributed by atoms with Crippen molar-refractivity contribution in [1.82, 2.24) is 4.90 Å². The summed E-state index contributed by atoms with van der Waals surface area (Å²) < 4.78 is 0. The number of aliphatic carboxylic acids is 1. The van der Waals surface area contributed by atoms with Gasteiger partial charge in [0.25, 0.3) is 0 Å². The molecule has 1 amide bonds. The molecule has 0 unspecified atom stereocenters. The molecular weight excluding hydrogens is 254 g/mol. The van der Waals surface area contributed by atoms with Crippen LogP contribution in [0, 0.1) is 0 Å². The molecule has 0 aromatic heterocycles. The molecule has 1 N–H and O–H groups in total. The van der Waals surface area contributed by atoms with Crippen LogP contribution in [0.25, 0.3) is 0 Å². The zero-order valence-electron chi connectivity index (χ0n) is 12.4. The van der Waals surface area contributed by atoms with Crippen molar-refractivity contribution in [2.75, 3.05) is 7.05 Å². The summed E-state index contributed by atoms with van der Waals surface area (Å²) in [5, 5.41) is 8.48. The van der Waals surface area contributed by atoms with E-state index in [0.29, 0.717) is 6.54 Å². The quantitative estimate of drug-likeness (QED) is 0.859. The van der Waals surface area contributed by atoms with Crippen LogP contribution in [0.5, 0.6) is 0 Å². The van der Waals surface area contributed by atoms with E-state index < -0.39 is 5.97 Å². The smallest absolute Gasteiger partial charge is 0.328 e. The molecule has 1 aromatic rings. The molecule has 1 rings (SSSR count). The van der Waals surface area contributed by atoms with Gasteiger partial charge in [0, 0.05) is 25.7 Å². The van der Waals surface area contributed by atoms with Crippen LogP contribution in [0.4, 0.5) is 0 Å². The first-order valence-corrected chi connectivity index (χ1v) is 6.45. The number of benzene rings is 1. The maximum atomic E-state index is 11.7. The van der Waals surface area contributed by atoms with Gasteiger partial charge in [0.1, 0.15) is 0 Å². The SMILES string of the molecule is CN(Cc1ccc(C(C)(C)C)cc1)C(=O)/C=C/C(=O)O. The van der Waals surface area contributed by atoms with Gasteiger partial charge in [0.15, 0.2) is 0 Å². The Morgan fingerprint density at radius 3 is 2.15 bits per heavy atom. The van der Waals surface area contributed by atoms with Gasteiger partial charge < -0.3 is 10.0 Å². The predicted octanol–water partition coefficient (Wildman–Crippen LogP) is 2.58. The second-order valence-corrected chi connectivity index (χ2v) is 5.81. The molecule has 4 nitrogen and oxygen atoms in total. The third-order valence-corrected chi connectivity index (χ3v) is 2.98. The molecule has 0 saturated carbocycles. The fourth-order valence-electron chi connectivity index (χ4n) is 1.73. The Kier molecular flexibility index (Phi) is 5.08.